The molecule has 6 heteroatoms. The van der Waals surface area contributed by atoms with E-state index >= 15 is 0 Å². The summed E-state index contributed by atoms with van der Waals surface area (Å²) in [4.78, 5) is 23.2. The Bertz CT molecular complexity index is 876. The smallest absolute Gasteiger partial charge is 0.278 e. The second-order valence-corrected chi connectivity index (χ2v) is 8.15. The molecular weight excluding hydrogens is 313 g/mol. The fraction of sp³-hybridized carbons (Fsp3) is 0.176. The maximum absolute atomic E-state index is 13.5. The van der Waals surface area contributed by atoms with Gasteiger partial charge in [-0.25, -0.2) is 0 Å². The molecule has 1 N–H and O–H groups in total. The lowest BCUT2D eigenvalue weighted by atomic mass is 10.0. The fourth-order valence-electron chi connectivity index (χ4n) is 3.16. The summed E-state index contributed by atoms with van der Waals surface area (Å²) in [7, 11) is -3.26. The Balaban J connectivity index is 1.80. The largest absolute Gasteiger partial charge is 0.439 e. The van der Waals surface area contributed by atoms with Gasteiger partial charge in [0.15, 0.2) is 0 Å². The summed E-state index contributed by atoms with van der Waals surface area (Å²) < 4.78 is 19.4. The van der Waals surface area contributed by atoms with Gasteiger partial charge in [0.25, 0.3) is 7.37 Å². The number of hydrogen-bond donors (Lipinski definition) is 1. The number of hydrogen-bond acceptors (Lipinski definition) is 4. The molecule has 0 aromatic heterocycles. The van der Waals surface area contributed by atoms with E-state index in [9.17, 15) is 14.2 Å². The van der Waals surface area contributed by atoms with E-state index < -0.39 is 13.3 Å². The molecule has 0 radical (unpaired) electrons. The number of nitrogens with one attached hydrogen (secondary N) is 1. The van der Waals surface area contributed by atoms with Crippen LogP contribution in [0.3, 0.4) is 0 Å². The fourth-order valence-corrected chi connectivity index (χ4v) is 5.75. The molecule has 5 nitrogen and oxygen atoms in total. The van der Waals surface area contributed by atoms with Crippen molar-refractivity contribution >= 4 is 24.5 Å². The second-order valence-electron chi connectivity index (χ2n) is 5.77. The Morgan fingerprint density at radius 2 is 1.74 bits per heavy atom. The molecule has 2 atom stereocenters. The van der Waals surface area contributed by atoms with Crippen molar-refractivity contribution in [2.45, 2.75) is 6.42 Å². The molecule has 0 saturated carbocycles. The van der Waals surface area contributed by atoms with Crippen LogP contribution in [-0.4, -0.2) is 18.0 Å². The quantitative estimate of drug-likeness (QED) is 0.679. The lowest BCUT2D eigenvalue weighted by molar-refractivity contribution is -0.125. The van der Waals surface area contributed by atoms with Crippen molar-refractivity contribution in [2.75, 3.05) is 6.16 Å². The van der Waals surface area contributed by atoms with E-state index in [-0.39, 0.29) is 24.4 Å². The topological polar surface area (TPSA) is 72.5 Å². The van der Waals surface area contributed by atoms with E-state index in [0.717, 1.165) is 11.1 Å². The van der Waals surface area contributed by atoms with Gasteiger partial charge in [-0.1, -0.05) is 36.4 Å². The highest BCUT2D eigenvalue weighted by atomic mass is 31.2. The Kier molecular flexibility index (Phi) is 3.13. The van der Waals surface area contributed by atoms with Crippen molar-refractivity contribution < 1.29 is 18.7 Å². The van der Waals surface area contributed by atoms with Gasteiger partial charge in [0, 0.05) is 12.0 Å². The average Bonchev–Trinajstić information content (AvgIpc) is 2.85. The van der Waals surface area contributed by atoms with Crippen molar-refractivity contribution in [1.82, 2.24) is 5.32 Å². The molecule has 0 bridgehead atoms. The molecule has 1 saturated heterocycles. The van der Waals surface area contributed by atoms with Gasteiger partial charge in [0.1, 0.15) is 5.75 Å². The molecule has 2 aromatic rings. The number of para-hydroxylation sites is 1. The molecule has 2 heterocycles. The number of fused-ring (bicyclic) bond motifs is 3. The molecule has 2 aliphatic rings. The van der Waals surface area contributed by atoms with Crippen molar-refractivity contribution in [1.29, 1.82) is 0 Å². The molecule has 0 spiro atoms. The monoisotopic (exact) mass is 327 g/mol. The molecule has 4 rings (SSSR count). The van der Waals surface area contributed by atoms with Gasteiger partial charge in [-0.15, -0.1) is 0 Å². The van der Waals surface area contributed by atoms with Crippen LogP contribution in [0, 0.1) is 5.92 Å². The highest BCUT2D eigenvalue weighted by Gasteiger charge is 2.42. The number of carbonyl (C=O) groups excluding carboxylic acids is 2. The number of amides is 2. The molecular formula is C17H14NO4P. The molecule has 1 fully saturated rings. The van der Waals surface area contributed by atoms with Crippen molar-refractivity contribution in [3.63, 3.8) is 0 Å². The van der Waals surface area contributed by atoms with Crippen LogP contribution in [0.1, 0.15) is 6.42 Å². The zero-order valence-corrected chi connectivity index (χ0v) is 13.1. The molecule has 23 heavy (non-hydrogen) atoms. The first-order valence-electron chi connectivity index (χ1n) is 7.38. The van der Waals surface area contributed by atoms with Gasteiger partial charge in [-0.05, 0) is 17.7 Å². The molecule has 116 valence electrons. The zero-order valence-electron chi connectivity index (χ0n) is 12.2. The van der Waals surface area contributed by atoms with E-state index in [2.05, 4.69) is 5.32 Å². The van der Waals surface area contributed by atoms with Crippen LogP contribution in [0.2, 0.25) is 0 Å². The van der Waals surface area contributed by atoms with Crippen LogP contribution in [0.25, 0.3) is 11.1 Å². The predicted octanol–water partition coefficient (Wildman–Crippen LogP) is 2.31. The third-order valence-corrected chi connectivity index (χ3v) is 6.76. The first-order valence-corrected chi connectivity index (χ1v) is 9.19. The van der Waals surface area contributed by atoms with Gasteiger partial charge in [-0.3, -0.25) is 19.5 Å². The number of carbonyl (C=O) groups is 2. The minimum absolute atomic E-state index is 0.0376. The van der Waals surface area contributed by atoms with Gasteiger partial charge in [0.2, 0.25) is 11.8 Å². The van der Waals surface area contributed by atoms with Gasteiger partial charge in [0.05, 0.1) is 17.4 Å². The van der Waals surface area contributed by atoms with Crippen molar-refractivity contribution in [2.24, 2.45) is 5.92 Å². The van der Waals surface area contributed by atoms with Crippen LogP contribution in [-0.2, 0) is 14.2 Å². The summed E-state index contributed by atoms with van der Waals surface area (Å²) in [6.07, 6.45) is 0.103. The van der Waals surface area contributed by atoms with Crippen LogP contribution < -0.4 is 15.1 Å². The highest BCUT2D eigenvalue weighted by molar-refractivity contribution is 7.67. The minimum Gasteiger partial charge on any atom is -0.439 e. The molecule has 2 unspecified atom stereocenters. The highest BCUT2D eigenvalue weighted by Crippen LogP contribution is 2.55. The van der Waals surface area contributed by atoms with E-state index in [4.69, 9.17) is 4.52 Å². The zero-order chi connectivity index (χ0) is 16.0. The van der Waals surface area contributed by atoms with Crippen LogP contribution >= 0.6 is 7.37 Å². The number of imide groups is 1. The Hall–Kier alpha value is -2.39. The minimum atomic E-state index is -3.26. The van der Waals surface area contributed by atoms with Crippen LogP contribution in [0.4, 0.5) is 0 Å². The Morgan fingerprint density at radius 1 is 1.04 bits per heavy atom. The molecule has 2 aromatic carbocycles. The second kappa shape index (κ2) is 5.07. The van der Waals surface area contributed by atoms with Crippen molar-refractivity contribution in [3.8, 4) is 16.9 Å². The normalized spacial score (nSPS) is 25.3. The van der Waals surface area contributed by atoms with Gasteiger partial charge >= 0.3 is 0 Å². The number of benzene rings is 2. The third kappa shape index (κ3) is 2.28. The summed E-state index contributed by atoms with van der Waals surface area (Å²) in [6, 6.07) is 14.8. The summed E-state index contributed by atoms with van der Waals surface area (Å²) in [5.74, 6) is -0.742. The van der Waals surface area contributed by atoms with Gasteiger partial charge < -0.3 is 4.52 Å². The van der Waals surface area contributed by atoms with Crippen molar-refractivity contribution in [3.05, 3.63) is 48.5 Å². The molecule has 2 aliphatic heterocycles. The molecule has 0 aliphatic carbocycles. The Labute approximate surface area is 133 Å². The summed E-state index contributed by atoms with van der Waals surface area (Å²) in [5.41, 5.74) is 1.75. The summed E-state index contributed by atoms with van der Waals surface area (Å²) in [5, 5.41) is 2.88. The SMILES string of the molecule is O=C1CC(CP2(=O)Oc3ccccc3-c3ccccc32)C(=O)N1. The lowest BCUT2D eigenvalue weighted by Crippen LogP contribution is -2.27. The van der Waals surface area contributed by atoms with E-state index in [1.807, 2.05) is 36.4 Å². The van der Waals surface area contributed by atoms with E-state index in [1.54, 1.807) is 12.1 Å². The molecule has 2 amide bonds. The lowest BCUT2D eigenvalue weighted by Gasteiger charge is -2.29. The third-order valence-electron chi connectivity index (χ3n) is 4.22. The maximum atomic E-state index is 13.5. The maximum Gasteiger partial charge on any atom is 0.278 e. The predicted molar refractivity (Wildman–Crippen MR) is 85.9 cm³/mol. The first-order chi connectivity index (χ1) is 11.1. The van der Waals surface area contributed by atoms with E-state index in [1.165, 1.54) is 0 Å². The standard InChI is InChI=1S/C17H14NO4P/c19-16-9-11(17(20)18-16)10-23(21)15-8-4-2-6-13(15)12-5-1-3-7-14(12)22-23/h1-8,11H,9-10H2,(H,18,19,20). The Morgan fingerprint density at radius 3 is 2.48 bits per heavy atom. The average molecular weight is 327 g/mol. The summed E-state index contributed by atoms with van der Waals surface area (Å²) in [6.45, 7) is 0. The van der Waals surface area contributed by atoms with Gasteiger partial charge in [-0.2, -0.15) is 0 Å². The van der Waals surface area contributed by atoms with Crippen LogP contribution in [0.15, 0.2) is 48.5 Å². The number of rotatable bonds is 2. The first kappa shape index (κ1) is 14.2. The summed E-state index contributed by atoms with van der Waals surface area (Å²) >= 11 is 0. The van der Waals surface area contributed by atoms with Crippen LogP contribution in [0.5, 0.6) is 5.75 Å². The van der Waals surface area contributed by atoms with E-state index in [0.29, 0.717) is 11.1 Å².